The van der Waals surface area contributed by atoms with Crippen molar-refractivity contribution >= 4 is 15.9 Å². The van der Waals surface area contributed by atoms with Crippen LogP contribution in [0.25, 0.3) is 0 Å². The molecule has 1 aromatic carbocycles. The summed E-state index contributed by atoms with van der Waals surface area (Å²) in [4.78, 5) is 16.8. The third kappa shape index (κ3) is 5.09. The van der Waals surface area contributed by atoms with Crippen molar-refractivity contribution in [3.8, 4) is 0 Å². The van der Waals surface area contributed by atoms with Gasteiger partial charge in [-0.15, -0.1) is 0 Å². The molecule has 0 saturated carbocycles. The third-order valence-corrected chi connectivity index (χ3v) is 7.41. The first-order valence-electron chi connectivity index (χ1n) is 10.1. The maximum atomic E-state index is 12.9. The van der Waals surface area contributed by atoms with E-state index in [1.165, 1.54) is 6.42 Å². The summed E-state index contributed by atoms with van der Waals surface area (Å²) in [7, 11) is -3.45. The normalized spacial score (nSPS) is 20.0. The molecule has 0 unspecified atom stereocenters. The van der Waals surface area contributed by atoms with Crippen molar-refractivity contribution in [2.75, 3.05) is 45.8 Å². The summed E-state index contributed by atoms with van der Waals surface area (Å²) in [5.74, 6) is 0.178. The minimum Gasteiger partial charge on any atom is -0.342 e. The van der Waals surface area contributed by atoms with Gasteiger partial charge in [0.2, 0.25) is 15.9 Å². The van der Waals surface area contributed by atoms with E-state index in [1.807, 2.05) is 17.0 Å². The molecule has 1 aromatic rings. The van der Waals surface area contributed by atoms with E-state index in [4.69, 9.17) is 0 Å². The first kappa shape index (κ1) is 20.3. The molecule has 1 amide bonds. The van der Waals surface area contributed by atoms with Gasteiger partial charge in [-0.1, -0.05) is 25.5 Å². The predicted octanol–water partition coefficient (Wildman–Crippen LogP) is 1.96. The highest BCUT2D eigenvalue weighted by Gasteiger charge is 2.29. The van der Waals surface area contributed by atoms with E-state index < -0.39 is 10.0 Å². The highest BCUT2D eigenvalue weighted by atomic mass is 32.2. The van der Waals surface area contributed by atoms with E-state index in [-0.39, 0.29) is 5.91 Å². The fraction of sp³-hybridized carbons (Fsp3) is 0.650. The fourth-order valence-electron chi connectivity index (χ4n) is 3.83. The molecule has 0 atom stereocenters. The van der Waals surface area contributed by atoms with Gasteiger partial charge < -0.3 is 4.90 Å². The second-order valence-corrected chi connectivity index (χ2v) is 9.45. The Hall–Kier alpha value is -1.44. The number of aryl methyl sites for hydroxylation is 1. The average Bonchev–Trinajstić information content (AvgIpc) is 2.70. The standard InChI is InChI=1S/C20H31N3O3S/c1-2-6-18-7-9-19(10-8-18)27(25,26)23-15-13-21(14-16-23)17-20(24)22-11-4-3-5-12-22/h7-10H,2-6,11-17H2,1H3. The lowest BCUT2D eigenvalue weighted by Gasteiger charge is -2.35. The summed E-state index contributed by atoms with van der Waals surface area (Å²) < 4.78 is 27.3. The molecule has 0 N–H and O–H groups in total. The average molecular weight is 394 g/mol. The van der Waals surface area contributed by atoms with Gasteiger partial charge in [0.05, 0.1) is 11.4 Å². The zero-order valence-corrected chi connectivity index (χ0v) is 17.1. The van der Waals surface area contributed by atoms with Crippen LogP contribution < -0.4 is 0 Å². The van der Waals surface area contributed by atoms with Crippen molar-refractivity contribution in [1.29, 1.82) is 0 Å². The van der Waals surface area contributed by atoms with E-state index in [1.54, 1.807) is 16.4 Å². The van der Waals surface area contributed by atoms with Crippen molar-refractivity contribution in [3.05, 3.63) is 29.8 Å². The van der Waals surface area contributed by atoms with Crippen LogP contribution in [0.5, 0.6) is 0 Å². The first-order chi connectivity index (χ1) is 13.0. The molecular formula is C20H31N3O3S. The highest BCUT2D eigenvalue weighted by Crippen LogP contribution is 2.19. The number of nitrogens with zero attached hydrogens (tertiary/aromatic N) is 3. The van der Waals surface area contributed by atoms with E-state index in [0.717, 1.165) is 44.3 Å². The number of piperidine rings is 1. The van der Waals surface area contributed by atoms with Crippen LogP contribution in [-0.2, 0) is 21.2 Å². The topological polar surface area (TPSA) is 60.9 Å². The Balaban J connectivity index is 1.53. The molecule has 3 rings (SSSR count). The fourth-order valence-corrected chi connectivity index (χ4v) is 5.25. The van der Waals surface area contributed by atoms with Gasteiger partial charge in [-0.05, 0) is 43.4 Å². The van der Waals surface area contributed by atoms with Gasteiger partial charge in [-0.2, -0.15) is 4.31 Å². The van der Waals surface area contributed by atoms with Crippen molar-refractivity contribution in [2.24, 2.45) is 0 Å². The Kier molecular flexibility index (Phi) is 6.89. The maximum Gasteiger partial charge on any atom is 0.243 e. The monoisotopic (exact) mass is 393 g/mol. The van der Waals surface area contributed by atoms with Crippen LogP contribution in [0.3, 0.4) is 0 Å². The summed E-state index contributed by atoms with van der Waals surface area (Å²) in [6, 6.07) is 7.24. The van der Waals surface area contributed by atoms with E-state index >= 15 is 0 Å². The second kappa shape index (κ2) is 9.17. The molecule has 27 heavy (non-hydrogen) atoms. The Bertz CT molecular complexity index is 719. The van der Waals surface area contributed by atoms with Gasteiger partial charge >= 0.3 is 0 Å². The molecule has 7 heteroatoms. The Morgan fingerprint density at radius 3 is 2.15 bits per heavy atom. The number of rotatable bonds is 6. The van der Waals surface area contributed by atoms with Gasteiger partial charge in [0.15, 0.2) is 0 Å². The van der Waals surface area contributed by atoms with Crippen LogP contribution in [0.1, 0.15) is 38.2 Å². The number of benzene rings is 1. The maximum absolute atomic E-state index is 12.9. The summed E-state index contributed by atoms with van der Waals surface area (Å²) in [5, 5.41) is 0. The second-order valence-electron chi connectivity index (χ2n) is 7.52. The van der Waals surface area contributed by atoms with Crippen molar-refractivity contribution in [3.63, 3.8) is 0 Å². The van der Waals surface area contributed by atoms with Gasteiger partial charge in [-0.25, -0.2) is 8.42 Å². The van der Waals surface area contributed by atoms with Crippen molar-refractivity contribution in [1.82, 2.24) is 14.1 Å². The van der Waals surface area contributed by atoms with E-state index in [2.05, 4.69) is 11.8 Å². The molecule has 2 fully saturated rings. The van der Waals surface area contributed by atoms with E-state index in [9.17, 15) is 13.2 Å². The Morgan fingerprint density at radius 1 is 0.926 bits per heavy atom. The van der Waals surface area contributed by atoms with Crippen LogP contribution in [-0.4, -0.2) is 74.2 Å². The molecule has 0 bridgehead atoms. The van der Waals surface area contributed by atoms with Crippen LogP contribution >= 0.6 is 0 Å². The minimum absolute atomic E-state index is 0.178. The lowest BCUT2D eigenvalue weighted by Crippen LogP contribution is -2.51. The molecule has 0 radical (unpaired) electrons. The number of amides is 1. The Morgan fingerprint density at radius 2 is 1.56 bits per heavy atom. The third-order valence-electron chi connectivity index (χ3n) is 5.50. The number of hydrogen-bond acceptors (Lipinski definition) is 4. The summed E-state index contributed by atoms with van der Waals surface area (Å²) in [6.45, 7) is 6.32. The van der Waals surface area contributed by atoms with Gasteiger partial charge in [0.25, 0.3) is 0 Å². The molecule has 0 aliphatic carbocycles. The minimum atomic E-state index is -3.45. The molecule has 2 heterocycles. The van der Waals surface area contributed by atoms with Crippen LogP contribution in [0.4, 0.5) is 0 Å². The molecule has 6 nitrogen and oxygen atoms in total. The van der Waals surface area contributed by atoms with Gasteiger partial charge in [-0.3, -0.25) is 9.69 Å². The zero-order valence-electron chi connectivity index (χ0n) is 16.3. The molecule has 0 aromatic heterocycles. The number of likely N-dealkylation sites (tertiary alicyclic amines) is 1. The SMILES string of the molecule is CCCc1ccc(S(=O)(=O)N2CCN(CC(=O)N3CCCCC3)CC2)cc1. The number of carbonyl (C=O) groups is 1. The van der Waals surface area contributed by atoms with E-state index in [0.29, 0.717) is 37.6 Å². The first-order valence-corrected chi connectivity index (χ1v) is 11.5. The Labute approximate surface area is 163 Å². The predicted molar refractivity (Wildman–Crippen MR) is 106 cm³/mol. The number of sulfonamides is 1. The number of hydrogen-bond donors (Lipinski definition) is 0. The van der Waals surface area contributed by atoms with Crippen LogP contribution in [0, 0.1) is 0 Å². The molecular weight excluding hydrogens is 362 g/mol. The summed E-state index contributed by atoms with van der Waals surface area (Å²) in [6.07, 6.45) is 5.40. The number of carbonyl (C=O) groups excluding carboxylic acids is 1. The summed E-state index contributed by atoms with van der Waals surface area (Å²) in [5.41, 5.74) is 1.16. The quantitative estimate of drug-likeness (QED) is 0.741. The molecule has 0 spiro atoms. The van der Waals surface area contributed by atoms with Gasteiger partial charge in [0, 0.05) is 39.3 Å². The highest BCUT2D eigenvalue weighted by molar-refractivity contribution is 7.89. The van der Waals surface area contributed by atoms with Crippen molar-refractivity contribution < 1.29 is 13.2 Å². The lowest BCUT2D eigenvalue weighted by molar-refractivity contribution is -0.133. The molecule has 150 valence electrons. The van der Waals surface area contributed by atoms with Crippen molar-refractivity contribution in [2.45, 2.75) is 43.9 Å². The molecule has 2 saturated heterocycles. The lowest BCUT2D eigenvalue weighted by atomic mass is 10.1. The summed E-state index contributed by atoms with van der Waals surface area (Å²) >= 11 is 0. The largest absolute Gasteiger partial charge is 0.342 e. The van der Waals surface area contributed by atoms with Crippen LogP contribution in [0.15, 0.2) is 29.2 Å². The molecule has 2 aliphatic rings. The molecule has 2 aliphatic heterocycles. The zero-order chi connectivity index (χ0) is 19.3. The smallest absolute Gasteiger partial charge is 0.243 e. The van der Waals surface area contributed by atoms with Crippen LogP contribution in [0.2, 0.25) is 0 Å². The number of piperazine rings is 1. The van der Waals surface area contributed by atoms with Gasteiger partial charge in [0.1, 0.15) is 0 Å².